The summed E-state index contributed by atoms with van der Waals surface area (Å²) in [5.74, 6) is -0.282. The van der Waals surface area contributed by atoms with Crippen LogP contribution in [-0.2, 0) is 12.1 Å². The van der Waals surface area contributed by atoms with E-state index in [9.17, 15) is 40.6 Å². The van der Waals surface area contributed by atoms with Crippen molar-refractivity contribution in [3.63, 3.8) is 0 Å². The maximum Gasteiger partial charge on any atom is 0.430 e. The van der Waals surface area contributed by atoms with Gasteiger partial charge in [-0.25, -0.2) is 9.18 Å². The molecular formula is C31H35F7N2O3. The van der Waals surface area contributed by atoms with E-state index in [2.05, 4.69) is 5.32 Å². The number of alkyl halides is 6. The zero-order valence-electron chi connectivity index (χ0n) is 24.2. The highest BCUT2D eigenvalue weighted by molar-refractivity contribution is 5.75. The van der Waals surface area contributed by atoms with Crippen LogP contribution in [0, 0.1) is 16.7 Å². The number of allylic oxidation sites excluding steroid dienone is 2. The summed E-state index contributed by atoms with van der Waals surface area (Å²) in [4.78, 5) is 14.9. The molecule has 1 saturated heterocycles. The van der Waals surface area contributed by atoms with Gasteiger partial charge in [0, 0.05) is 37.5 Å². The number of nitrogens with one attached hydrogen (secondary N) is 1. The number of urea groups is 1. The predicted molar refractivity (Wildman–Crippen MR) is 146 cm³/mol. The monoisotopic (exact) mass is 616 g/mol. The van der Waals surface area contributed by atoms with E-state index in [4.69, 9.17) is 4.74 Å². The maximum atomic E-state index is 14.2. The molecule has 12 heteroatoms. The highest BCUT2D eigenvalue weighted by Gasteiger charge is 2.71. The smallest absolute Gasteiger partial charge is 0.430 e. The highest BCUT2D eigenvalue weighted by atomic mass is 19.4. The lowest BCUT2D eigenvalue weighted by atomic mass is 9.51. The molecule has 4 rings (SSSR count). The molecule has 2 unspecified atom stereocenters. The number of likely N-dealkylation sites (tertiary alicyclic amines) is 1. The second kappa shape index (κ2) is 11.3. The third-order valence-electron chi connectivity index (χ3n) is 9.77. The standard InChI is InChI=1S/C31H35F7N2O3/c1-19-15-23(32)13-14-27(19,2)28(3)18-40(26(41)39-16-20-5-11-24(43-4)12-6-20)17-25(28)21-7-9-22(10-8-21)29(42,30(33,34)35)31(36,37)38/h5-13,19,25,42H,14-18H2,1-4H3,(H,39,41)/t19?,25-,27?,28-/m0/s1. The van der Waals surface area contributed by atoms with E-state index in [0.29, 0.717) is 29.9 Å². The first kappa shape index (κ1) is 32.6. The van der Waals surface area contributed by atoms with E-state index in [-0.39, 0.29) is 37.8 Å². The SMILES string of the molecule is COc1ccc(CNC(=O)N2C[C@@H](c3ccc(C(O)(C(F)(F)F)C(F)(F)F)cc3)[C@@](C)(C3(C)CC=C(F)CC3C)C2)cc1. The zero-order valence-corrected chi connectivity index (χ0v) is 24.2. The number of ether oxygens (including phenoxy) is 1. The summed E-state index contributed by atoms with van der Waals surface area (Å²) in [5, 5.41) is 12.7. The number of carbonyl (C=O) groups is 1. The van der Waals surface area contributed by atoms with Gasteiger partial charge in [0.15, 0.2) is 0 Å². The van der Waals surface area contributed by atoms with Crippen LogP contribution in [0.3, 0.4) is 0 Å². The predicted octanol–water partition coefficient (Wildman–Crippen LogP) is 7.61. The summed E-state index contributed by atoms with van der Waals surface area (Å²) in [6.07, 6.45) is -9.99. The number of rotatable bonds is 6. The minimum atomic E-state index is -6.01. The van der Waals surface area contributed by atoms with Gasteiger partial charge in [-0.15, -0.1) is 0 Å². The minimum absolute atomic E-state index is 0.127. The largest absolute Gasteiger partial charge is 0.497 e. The molecule has 5 nitrogen and oxygen atoms in total. The number of amides is 2. The summed E-state index contributed by atoms with van der Waals surface area (Å²) in [5.41, 5.74) is -6.49. The van der Waals surface area contributed by atoms with Gasteiger partial charge in [0.05, 0.1) is 12.9 Å². The van der Waals surface area contributed by atoms with Crippen LogP contribution in [0.1, 0.15) is 56.2 Å². The summed E-state index contributed by atoms with van der Waals surface area (Å²) in [6, 6.07) is 10.3. The Morgan fingerprint density at radius 3 is 2.09 bits per heavy atom. The molecule has 236 valence electrons. The van der Waals surface area contributed by atoms with Gasteiger partial charge in [-0.05, 0) is 46.4 Å². The number of carbonyl (C=O) groups excluding carboxylic acids is 1. The van der Waals surface area contributed by atoms with Gasteiger partial charge in [-0.3, -0.25) is 0 Å². The summed E-state index contributed by atoms with van der Waals surface area (Å²) >= 11 is 0. The normalized spacial score (nSPS) is 26.7. The Morgan fingerprint density at radius 2 is 1.58 bits per heavy atom. The molecule has 0 bridgehead atoms. The second-order valence-corrected chi connectivity index (χ2v) is 12.1. The van der Waals surface area contributed by atoms with Crippen molar-refractivity contribution in [1.29, 1.82) is 0 Å². The van der Waals surface area contributed by atoms with Crippen LogP contribution < -0.4 is 10.1 Å². The van der Waals surface area contributed by atoms with Crippen molar-refractivity contribution in [2.45, 2.75) is 64.0 Å². The van der Waals surface area contributed by atoms with Gasteiger partial charge in [-0.1, -0.05) is 63.2 Å². The van der Waals surface area contributed by atoms with E-state index >= 15 is 0 Å². The Bertz CT molecular complexity index is 1330. The van der Waals surface area contributed by atoms with Crippen molar-refractivity contribution in [2.24, 2.45) is 16.7 Å². The molecule has 43 heavy (non-hydrogen) atoms. The van der Waals surface area contributed by atoms with Gasteiger partial charge in [0.25, 0.3) is 5.60 Å². The lowest BCUT2D eigenvalue weighted by Crippen LogP contribution is -2.53. The molecule has 1 fully saturated rings. The van der Waals surface area contributed by atoms with Crippen molar-refractivity contribution in [3.8, 4) is 5.75 Å². The average molecular weight is 617 g/mol. The van der Waals surface area contributed by atoms with Crippen molar-refractivity contribution < 1.29 is 45.4 Å². The van der Waals surface area contributed by atoms with Gasteiger partial charge in [-0.2, -0.15) is 26.3 Å². The number of nitrogens with zero attached hydrogens (tertiary/aromatic N) is 1. The molecule has 1 heterocycles. The van der Waals surface area contributed by atoms with Crippen LogP contribution in [0.15, 0.2) is 60.4 Å². The fraction of sp³-hybridized carbons (Fsp3) is 0.516. The molecule has 1 aliphatic heterocycles. The summed E-state index contributed by atoms with van der Waals surface area (Å²) < 4.78 is 100. The van der Waals surface area contributed by atoms with Crippen molar-refractivity contribution in [3.05, 3.63) is 77.1 Å². The Balaban J connectivity index is 1.67. The Labute approximate surface area is 245 Å². The second-order valence-electron chi connectivity index (χ2n) is 12.1. The zero-order chi connectivity index (χ0) is 32.0. The Morgan fingerprint density at radius 1 is 1.00 bits per heavy atom. The quantitative estimate of drug-likeness (QED) is 0.329. The number of methoxy groups -OCH3 is 1. The lowest BCUT2D eigenvalue weighted by Gasteiger charge is -2.52. The first-order valence-corrected chi connectivity index (χ1v) is 13.8. The van der Waals surface area contributed by atoms with Crippen molar-refractivity contribution in [1.82, 2.24) is 10.2 Å². The third-order valence-corrected chi connectivity index (χ3v) is 9.77. The van der Waals surface area contributed by atoms with Gasteiger partial charge in [0.2, 0.25) is 0 Å². The molecule has 2 aromatic carbocycles. The fourth-order valence-electron chi connectivity index (χ4n) is 6.60. The van der Waals surface area contributed by atoms with E-state index in [0.717, 1.165) is 17.7 Å². The Hall–Kier alpha value is -3.28. The van der Waals surface area contributed by atoms with Gasteiger partial charge < -0.3 is 20.1 Å². The number of benzene rings is 2. The minimum Gasteiger partial charge on any atom is -0.497 e. The van der Waals surface area contributed by atoms with Crippen LogP contribution in [-0.4, -0.2) is 48.6 Å². The fourth-order valence-corrected chi connectivity index (χ4v) is 6.60. The molecule has 0 spiro atoms. The van der Waals surface area contributed by atoms with Crippen molar-refractivity contribution in [2.75, 3.05) is 20.2 Å². The average Bonchev–Trinajstić information content (AvgIpc) is 3.31. The molecule has 2 amide bonds. The molecule has 1 aliphatic carbocycles. The maximum absolute atomic E-state index is 14.2. The molecule has 0 aromatic heterocycles. The first-order valence-electron chi connectivity index (χ1n) is 13.8. The molecule has 0 radical (unpaired) electrons. The van der Waals surface area contributed by atoms with E-state index in [1.54, 1.807) is 29.2 Å². The molecule has 2 aromatic rings. The third kappa shape index (κ3) is 5.70. The molecule has 2 aliphatic rings. The Kier molecular flexibility index (Phi) is 8.60. The number of hydrogen-bond donors (Lipinski definition) is 2. The molecular weight excluding hydrogens is 581 g/mol. The van der Waals surface area contributed by atoms with Crippen LogP contribution >= 0.6 is 0 Å². The summed E-state index contributed by atoms with van der Waals surface area (Å²) in [6.45, 7) is 6.37. The van der Waals surface area contributed by atoms with E-state index in [1.165, 1.54) is 13.2 Å². The molecule has 2 N–H and O–H groups in total. The van der Waals surface area contributed by atoms with Gasteiger partial charge >= 0.3 is 18.4 Å². The van der Waals surface area contributed by atoms with Crippen molar-refractivity contribution >= 4 is 6.03 Å². The number of aliphatic hydroxyl groups is 1. The highest BCUT2D eigenvalue weighted by Crippen LogP contribution is 2.61. The van der Waals surface area contributed by atoms with E-state index < -0.39 is 46.3 Å². The van der Waals surface area contributed by atoms with Crippen LogP contribution in [0.4, 0.5) is 35.5 Å². The van der Waals surface area contributed by atoms with Crippen LogP contribution in [0.25, 0.3) is 0 Å². The van der Waals surface area contributed by atoms with Crippen LogP contribution in [0.5, 0.6) is 5.75 Å². The lowest BCUT2D eigenvalue weighted by molar-refractivity contribution is -0.376. The summed E-state index contributed by atoms with van der Waals surface area (Å²) in [7, 11) is 1.54. The number of hydrogen-bond acceptors (Lipinski definition) is 3. The van der Waals surface area contributed by atoms with Gasteiger partial charge in [0.1, 0.15) is 5.75 Å². The first-order chi connectivity index (χ1) is 19.9. The van der Waals surface area contributed by atoms with E-state index in [1.807, 2.05) is 20.8 Å². The van der Waals surface area contributed by atoms with Crippen LogP contribution in [0.2, 0.25) is 0 Å². The number of halogens is 7. The molecule has 0 saturated carbocycles. The topological polar surface area (TPSA) is 61.8 Å². The molecule has 4 atom stereocenters.